The van der Waals surface area contributed by atoms with Gasteiger partial charge in [0.25, 0.3) is 11.8 Å². The van der Waals surface area contributed by atoms with E-state index in [1.54, 1.807) is 6.07 Å². The van der Waals surface area contributed by atoms with Crippen LogP contribution in [0.4, 0.5) is 0 Å². The van der Waals surface area contributed by atoms with Crippen LogP contribution < -0.4 is 15.4 Å². The number of benzene rings is 1. The van der Waals surface area contributed by atoms with Crippen molar-refractivity contribution in [2.24, 2.45) is 0 Å². The summed E-state index contributed by atoms with van der Waals surface area (Å²) in [5.41, 5.74) is 2.20. The molecule has 148 valence electrons. The smallest absolute Gasteiger partial charge is 0.269 e. The molecule has 1 unspecified atom stereocenters. The molecule has 0 bridgehead atoms. The molecule has 0 radical (unpaired) electrons. The maximum absolute atomic E-state index is 12.5. The predicted octanol–water partition coefficient (Wildman–Crippen LogP) is 1.86. The summed E-state index contributed by atoms with van der Waals surface area (Å²) >= 11 is 0. The number of hydrogen-bond acceptors (Lipinski definition) is 5. The first-order valence-corrected chi connectivity index (χ1v) is 9.40. The van der Waals surface area contributed by atoms with Crippen molar-refractivity contribution >= 4 is 11.8 Å². The predicted molar refractivity (Wildman–Crippen MR) is 105 cm³/mol. The van der Waals surface area contributed by atoms with Gasteiger partial charge in [-0.1, -0.05) is 19.1 Å². The normalized spacial score (nSPS) is 14.2. The minimum Gasteiger partial charge on any atom is -0.491 e. The summed E-state index contributed by atoms with van der Waals surface area (Å²) in [6.07, 6.45) is 1.98. The van der Waals surface area contributed by atoms with Crippen LogP contribution in [0.3, 0.4) is 0 Å². The highest BCUT2D eigenvalue weighted by Gasteiger charge is 2.25. The third-order valence-corrected chi connectivity index (χ3v) is 4.64. The maximum atomic E-state index is 12.5. The van der Waals surface area contributed by atoms with Gasteiger partial charge in [0.2, 0.25) is 0 Å². The van der Waals surface area contributed by atoms with E-state index in [4.69, 9.17) is 9.84 Å². The molecule has 7 nitrogen and oxygen atoms in total. The van der Waals surface area contributed by atoms with Crippen LogP contribution in [0.2, 0.25) is 0 Å². The molecule has 1 aliphatic carbocycles. The van der Waals surface area contributed by atoms with Gasteiger partial charge in [-0.05, 0) is 42.7 Å². The Balaban J connectivity index is 1.92. The SMILES string of the molecule is CNC(=O)c1cc(C(=O)NC2CC2)cc(C(C)c2cccc(OCCO)c2)n1. The second kappa shape index (κ2) is 8.84. The summed E-state index contributed by atoms with van der Waals surface area (Å²) in [5, 5.41) is 14.4. The van der Waals surface area contributed by atoms with Crippen LogP contribution in [0, 0.1) is 0 Å². The highest BCUT2D eigenvalue weighted by Crippen LogP contribution is 2.27. The van der Waals surface area contributed by atoms with Crippen LogP contribution in [-0.4, -0.2) is 48.2 Å². The number of hydrogen-bond donors (Lipinski definition) is 3. The fourth-order valence-corrected chi connectivity index (χ4v) is 2.85. The van der Waals surface area contributed by atoms with E-state index in [1.807, 2.05) is 31.2 Å². The topological polar surface area (TPSA) is 101 Å². The Kier molecular flexibility index (Phi) is 6.26. The number of rotatable bonds is 8. The van der Waals surface area contributed by atoms with E-state index < -0.39 is 0 Å². The Labute approximate surface area is 164 Å². The molecular formula is C21H25N3O4. The zero-order chi connectivity index (χ0) is 20.1. The summed E-state index contributed by atoms with van der Waals surface area (Å²) in [5.74, 6) is -0.0413. The third kappa shape index (κ3) is 4.86. The lowest BCUT2D eigenvalue weighted by Gasteiger charge is -2.16. The molecule has 1 aliphatic rings. The molecule has 0 saturated heterocycles. The maximum Gasteiger partial charge on any atom is 0.269 e. The van der Waals surface area contributed by atoms with Gasteiger partial charge in [0.1, 0.15) is 18.1 Å². The number of amides is 2. The summed E-state index contributed by atoms with van der Waals surface area (Å²) in [4.78, 5) is 29.2. The van der Waals surface area contributed by atoms with Crippen LogP contribution in [0.1, 0.15) is 57.8 Å². The van der Waals surface area contributed by atoms with E-state index in [0.717, 1.165) is 18.4 Å². The van der Waals surface area contributed by atoms with Crippen LogP contribution >= 0.6 is 0 Å². The van der Waals surface area contributed by atoms with Gasteiger partial charge in [-0.3, -0.25) is 9.59 Å². The van der Waals surface area contributed by atoms with Crippen LogP contribution in [-0.2, 0) is 0 Å². The number of nitrogens with one attached hydrogen (secondary N) is 2. The average Bonchev–Trinajstić information content (AvgIpc) is 3.54. The molecule has 7 heteroatoms. The minimum atomic E-state index is -0.338. The number of aliphatic hydroxyl groups is 1. The second-order valence-electron chi connectivity index (χ2n) is 6.86. The van der Waals surface area contributed by atoms with Crippen LogP contribution in [0.15, 0.2) is 36.4 Å². The second-order valence-corrected chi connectivity index (χ2v) is 6.86. The average molecular weight is 383 g/mol. The monoisotopic (exact) mass is 383 g/mol. The van der Waals surface area contributed by atoms with Crippen molar-refractivity contribution in [3.8, 4) is 5.75 Å². The lowest BCUT2D eigenvalue weighted by molar-refractivity contribution is 0.0951. The number of aromatic nitrogens is 1. The summed E-state index contributed by atoms with van der Waals surface area (Å²) in [6, 6.07) is 11.0. The Morgan fingerprint density at radius 2 is 2.04 bits per heavy atom. The molecule has 0 spiro atoms. The van der Waals surface area contributed by atoms with Crippen LogP contribution in [0.25, 0.3) is 0 Å². The zero-order valence-corrected chi connectivity index (χ0v) is 16.1. The first kappa shape index (κ1) is 19.8. The number of pyridine rings is 1. The number of nitrogens with zero attached hydrogens (tertiary/aromatic N) is 1. The van der Waals surface area contributed by atoms with Gasteiger partial charge in [0, 0.05) is 30.3 Å². The number of carbonyl (C=O) groups excluding carboxylic acids is 2. The summed E-state index contributed by atoms with van der Waals surface area (Å²) in [7, 11) is 1.53. The summed E-state index contributed by atoms with van der Waals surface area (Å²) < 4.78 is 5.48. The fourth-order valence-electron chi connectivity index (χ4n) is 2.85. The number of ether oxygens (including phenoxy) is 1. The molecule has 1 fully saturated rings. The first-order valence-electron chi connectivity index (χ1n) is 9.40. The van der Waals surface area contributed by atoms with Gasteiger partial charge in [-0.25, -0.2) is 4.98 Å². The highest BCUT2D eigenvalue weighted by molar-refractivity contribution is 5.98. The molecule has 0 aliphatic heterocycles. The van der Waals surface area contributed by atoms with Gasteiger partial charge >= 0.3 is 0 Å². The molecule has 1 aromatic carbocycles. The van der Waals surface area contributed by atoms with E-state index in [1.165, 1.54) is 13.1 Å². The molecular weight excluding hydrogens is 358 g/mol. The molecule has 1 heterocycles. The fraction of sp³-hybridized carbons (Fsp3) is 0.381. The molecule has 1 aromatic heterocycles. The van der Waals surface area contributed by atoms with Crippen molar-refractivity contribution in [1.29, 1.82) is 0 Å². The third-order valence-electron chi connectivity index (χ3n) is 4.64. The Bertz CT molecular complexity index is 864. The zero-order valence-electron chi connectivity index (χ0n) is 16.1. The van der Waals surface area contributed by atoms with Gasteiger partial charge < -0.3 is 20.5 Å². The highest BCUT2D eigenvalue weighted by atomic mass is 16.5. The molecule has 1 atom stereocenters. The van der Waals surface area contributed by atoms with Gasteiger partial charge in [0.15, 0.2) is 0 Å². The van der Waals surface area contributed by atoms with Crippen molar-refractivity contribution in [3.05, 3.63) is 58.9 Å². The molecule has 2 amide bonds. The minimum absolute atomic E-state index is 0.0605. The Morgan fingerprint density at radius 3 is 2.71 bits per heavy atom. The van der Waals surface area contributed by atoms with Crippen molar-refractivity contribution < 1.29 is 19.4 Å². The Hall–Kier alpha value is -2.93. The van der Waals surface area contributed by atoms with E-state index in [9.17, 15) is 9.59 Å². The van der Waals surface area contributed by atoms with E-state index in [0.29, 0.717) is 17.0 Å². The van der Waals surface area contributed by atoms with Crippen molar-refractivity contribution in [2.45, 2.75) is 31.7 Å². The van der Waals surface area contributed by atoms with Crippen molar-refractivity contribution in [3.63, 3.8) is 0 Å². The summed E-state index contributed by atoms with van der Waals surface area (Å²) in [6.45, 7) is 2.12. The van der Waals surface area contributed by atoms with Crippen molar-refractivity contribution in [2.75, 3.05) is 20.3 Å². The number of aliphatic hydroxyl groups excluding tert-OH is 1. The van der Waals surface area contributed by atoms with Crippen LogP contribution in [0.5, 0.6) is 5.75 Å². The molecule has 3 N–H and O–H groups in total. The van der Waals surface area contributed by atoms with E-state index >= 15 is 0 Å². The standard InChI is InChI=1S/C21H25N3O4/c1-13(14-4-3-5-17(10-14)28-9-8-25)18-11-15(20(26)23-16-6-7-16)12-19(24-18)21(27)22-2/h3-5,10-13,16,25H,6-9H2,1-2H3,(H,22,27)(H,23,26). The van der Waals surface area contributed by atoms with Crippen molar-refractivity contribution in [1.82, 2.24) is 15.6 Å². The van der Waals surface area contributed by atoms with Gasteiger partial charge in [-0.2, -0.15) is 0 Å². The first-order chi connectivity index (χ1) is 13.5. The quantitative estimate of drug-likeness (QED) is 0.646. The van der Waals surface area contributed by atoms with E-state index in [2.05, 4.69) is 15.6 Å². The van der Waals surface area contributed by atoms with Gasteiger partial charge in [-0.15, -0.1) is 0 Å². The van der Waals surface area contributed by atoms with Gasteiger partial charge in [0.05, 0.1) is 6.61 Å². The number of carbonyl (C=O) groups is 2. The molecule has 1 saturated carbocycles. The Morgan fingerprint density at radius 1 is 1.25 bits per heavy atom. The van der Waals surface area contributed by atoms with E-state index in [-0.39, 0.29) is 42.7 Å². The largest absolute Gasteiger partial charge is 0.491 e. The lowest BCUT2D eigenvalue weighted by Crippen LogP contribution is -2.27. The molecule has 28 heavy (non-hydrogen) atoms. The molecule has 2 aromatic rings. The molecule has 3 rings (SSSR count). The lowest BCUT2D eigenvalue weighted by atomic mass is 9.95.